The first-order valence-corrected chi connectivity index (χ1v) is 14.6. The van der Waals surface area contributed by atoms with Gasteiger partial charge in [0.2, 0.25) is 15.9 Å². The van der Waals surface area contributed by atoms with Crippen LogP contribution in [0.1, 0.15) is 56.6 Å². The summed E-state index contributed by atoms with van der Waals surface area (Å²) in [6.45, 7) is 6.09. The molecule has 0 spiro atoms. The lowest BCUT2D eigenvalue weighted by Crippen LogP contribution is -2.35. The van der Waals surface area contributed by atoms with Crippen molar-refractivity contribution in [2.75, 3.05) is 38.2 Å². The number of amides is 1. The summed E-state index contributed by atoms with van der Waals surface area (Å²) in [6, 6.07) is 13.4. The van der Waals surface area contributed by atoms with Crippen molar-refractivity contribution in [2.45, 2.75) is 63.3 Å². The molecular weight excluding hydrogens is 474 g/mol. The number of hydrogen-bond donors (Lipinski definition) is 1. The molecular formula is C28H39N3O4S. The molecule has 0 saturated carbocycles. The molecule has 2 aliphatic rings. The number of aryl methyl sites for hydroxylation is 1. The van der Waals surface area contributed by atoms with Crippen LogP contribution in [-0.2, 0) is 27.8 Å². The van der Waals surface area contributed by atoms with E-state index in [1.165, 1.54) is 18.5 Å². The van der Waals surface area contributed by atoms with Crippen LogP contribution in [0.2, 0.25) is 0 Å². The maximum atomic E-state index is 13.1. The van der Waals surface area contributed by atoms with Crippen molar-refractivity contribution >= 4 is 21.6 Å². The Morgan fingerprint density at radius 2 is 1.78 bits per heavy atom. The van der Waals surface area contributed by atoms with E-state index in [1.54, 1.807) is 29.6 Å². The van der Waals surface area contributed by atoms with E-state index in [0.717, 1.165) is 49.4 Å². The molecule has 1 N–H and O–H groups in total. The second kappa shape index (κ2) is 12.1. The number of rotatable bonds is 9. The number of piperidine rings is 2. The average molecular weight is 514 g/mol. The van der Waals surface area contributed by atoms with Crippen LogP contribution in [-0.4, -0.2) is 51.9 Å². The number of carbonyl (C=O) groups is 1. The van der Waals surface area contributed by atoms with Crippen LogP contribution in [0.25, 0.3) is 0 Å². The van der Waals surface area contributed by atoms with Crippen molar-refractivity contribution in [1.29, 1.82) is 0 Å². The average Bonchev–Trinajstić information content (AvgIpc) is 2.91. The fourth-order valence-electron chi connectivity index (χ4n) is 5.15. The van der Waals surface area contributed by atoms with E-state index in [4.69, 9.17) is 4.74 Å². The highest BCUT2D eigenvalue weighted by molar-refractivity contribution is 7.89. The molecule has 8 heteroatoms. The topological polar surface area (TPSA) is 79.0 Å². The van der Waals surface area contributed by atoms with Gasteiger partial charge in [0.05, 0.1) is 12.0 Å². The third-order valence-corrected chi connectivity index (χ3v) is 9.17. The van der Waals surface area contributed by atoms with Gasteiger partial charge < -0.3 is 15.0 Å². The van der Waals surface area contributed by atoms with Crippen molar-refractivity contribution in [3.05, 3.63) is 53.6 Å². The highest BCUT2D eigenvalue weighted by Gasteiger charge is 2.26. The Bertz CT molecular complexity index is 1130. The third kappa shape index (κ3) is 6.59. The zero-order valence-corrected chi connectivity index (χ0v) is 22.4. The SMILES string of the molecule is COc1ccc(S(=O)(=O)N2CCCCC2)cc1CCC(=O)NCc1ccc(N2CCCC(C)C2)cc1. The number of ether oxygens (including phenoxy) is 1. The standard InChI is InChI=1S/C28H39N3O4S/c1-22-7-6-16-30(21-22)25-11-8-23(9-12-25)20-29-28(32)15-10-24-19-26(13-14-27(24)35-2)36(33,34)31-17-4-3-5-18-31/h8-9,11-14,19,22H,3-7,10,15-18,20-21H2,1-2H3,(H,29,32). The Balaban J connectivity index is 1.32. The van der Waals surface area contributed by atoms with Crippen LogP contribution >= 0.6 is 0 Å². The summed E-state index contributed by atoms with van der Waals surface area (Å²) in [7, 11) is -1.97. The predicted molar refractivity (Wildman–Crippen MR) is 143 cm³/mol. The minimum atomic E-state index is -3.54. The van der Waals surface area contributed by atoms with Gasteiger partial charge in [0.1, 0.15) is 5.75 Å². The van der Waals surface area contributed by atoms with Gasteiger partial charge in [-0.1, -0.05) is 25.5 Å². The summed E-state index contributed by atoms with van der Waals surface area (Å²) in [5.41, 5.74) is 3.03. The number of nitrogens with one attached hydrogen (secondary N) is 1. The van der Waals surface area contributed by atoms with Gasteiger partial charge in [-0.25, -0.2) is 8.42 Å². The van der Waals surface area contributed by atoms with Gasteiger partial charge in [-0.2, -0.15) is 4.31 Å². The minimum Gasteiger partial charge on any atom is -0.496 e. The summed E-state index contributed by atoms with van der Waals surface area (Å²) < 4.78 is 33.2. The molecule has 2 saturated heterocycles. The van der Waals surface area contributed by atoms with Gasteiger partial charge in [-0.15, -0.1) is 0 Å². The molecule has 0 aromatic heterocycles. The van der Waals surface area contributed by atoms with E-state index in [9.17, 15) is 13.2 Å². The molecule has 2 aromatic rings. The fraction of sp³-hybridized carbons (Fsp3) is 0.536. The van der Waals surface area contributed by atoms with E-state index < -0.39 is 10.0 Å². The van der Waals surface area contributed by atoms with Crippen molar-refractivity contribution in [3.63, 3.8) is 0 Å². The van der Waals surface area contributed by atoms with E-state index >= 15 is 0 Å². The molecule has 2 aliphatic heterocycles. The molecule has 36 heavy (non-hydrogen) atoms. The number of hydrogen-bond acceptors (Lipinski definition) is 5. The maximum absolute atomic E-state index is 13.1. The van der Waals surface area contributed by atoms with E-state index in [1.807, 2.05) is 0 Å². The first-order valence-electron chi connectivity index (χ1n) is 13.1. The molecule has 1 unspecified atom stereocenters. The van der Waals surface area contributed by atoms with Gasteiger partial charge >= 0.3 is 0 Å². The zero-order chi connectivity index (χ0) is 25.5. The zero-order valence-electron chi connectivity index (χ0n) is 21.5. The van der Waals surface area contributed by atoms with Gasteiger partial charge in [-0.3, -0.25) is 4.79 Å². The van der Waals surface area contributed by atoms with Crippen molar-refractivity contribution in [3.8, 4) is 5.75 Å². The van der Waals surface area contributed by atoms with Crippen LogP contribution in [0.3, 0.4) is 0 Å². The molecule has 0 bridgehead atoms. The van der Waals surface area contributed by atoms with E-state index in [0.29, 0.717) is 31.8 Å². The first-order chi connectivity index (χ1) is 17.4. The predicted octanol–water partition coefficient (Wildman–Crippen LogP) is 4.36. The fourth-order valence-corrected chi connectivity index (χ4v) is 6.72. The van der Waals surface area contributed by atoms with Crippen molar-refractivity contribution < 1.29 is 17.9 Å². The normalized spacial score (nSPS) is 19.2. The molecule has 4 rings (SSSR count). The molecule has 7 nitrogen and oxygen atoms in total. The van der Waals surface area contributed by atoms with Crippen molar-refractivity contribution in [1.82, 2.24) is 9.62 Å². The van der Waals surface area contributed by atoms with Crippen LogP contribution in [0.4, 0.5) is 5.69 Å². The monoisotopic (exact) mass is 513 g/mol. The highest BCUT2D eigenvalue weighted by Crippen LogP contribution is 2.27. The number of methoxy groups -OCH3 is 1. The van der Waals surface area contributed by atoms with Crippen LogP contribution < -0.4 is 15.0 Å². The van der Waals surface area contributed by atoms with E-state index in [-0.39, 0.29) is 17.2 Å². The lowest BCUT2D eigenvalue weighted by molar-refractivity contribution is -0.121. The smallest absolute Gasteiger partial charge is 0.243 e. The Kier molecular flexibility index (Phi) is 8.90. The number of benzene rings is 2. The third-order valence-electron chi connectivity index (χ3n) is 7.27. The summed E-state index contributed by atoms with van der Waals surface area (Å²) in [6.07, 6.45) is 6.04. The summed E-state index contributed by atoms with van der Waals surface area (Å²) in [5.74, 6) is 1.25. The summed E-state index contributed by atoms with van der Waals surface area (Å²) in [4.78, 5) is 15.3. The number of anilines is 1. The Labute approximate surface area is 215 Å². The summed E-state index contributed by atoms with van der Waals surface area (Å²) in [5, 5.41) is 2.99. The molecule has 1 amide bonds. The van der Waals surface area contributed by atoms with Crippen LogP contribution in [0.5, 0.6) is 5.75 Å². The van der Waals surface area contributed by atoms with Gasteiger partial charge in [0.15, 0.2) is 0 Å². The van der Waals surface area contributed by atoms with Gasteiger partial charge in [0.25, 0.3) is 0 Å². The van der Waals surface area contributed by atoms with E-state index in [2.05, 4.69) is 41.4 Å². The second-order valence-corrected chi connectivity index (χ2v) is 12.0. The molecule has 0 aliphatic carbocycles. The second-order valence-electron chi connectivity index (χ2n) is 10.1. The number of nitrogens with zero attached hydrogens (tertiary/aromatic N) is 2. The lowest BCUT2D eigenvalue weighted by Gasteiger charge is -2.32. The Morgan fingerprint density at radius 3 is 2.47 bits per heavy atom. The number of carbonyl (C=O) groups excluding carboxylic acids is 1. The molecule has 0 radical (unpaired) electrons. The molecule has 2 aromatic carbocycles. The van der Waals surface area contributed by atoms with Crippen molar-refractivity contribution in [2.24, 2.45) is 5.92 Å². The Morgan fingerprint density at radius 1 is 1.03 bits per heavy atom. The molecule has 2 fully saturated rings. The minimum absolute atomic E-state index is 0.0738. The Hall–Kier alpha value is -2.58. The maximum Gasteiger partial charge on any atom is 0.243 e. The molecule has 1 atom stereocenters. The number of sulfonamides is 1. The highest BCUT2D eigenvalue weighted by atomic mass is 32.2. The van der Waals surface area contributed by atoms with Crippen LogP contribution in [0, 0.1) is 5.92 Å². The van der Waals surface area contributed by atoms with Gasteiger partial charge in [-0.05, 0) is 79.5 Å². The van der Waals surface area contributed by atoms with Crippen LogP contribution in [0.15, 0.2) is 47.4 Å². The summed E-state index contributed by atoms with van der Waals surface area (Å²) >= 11 is 0. The largest absolute Gasteiger partial charge is 0.496 e. The molecule has 196 valence electrons. The molecule has 2 heterocycles. The lowest BCUT2D eigenvalue weighted by atomic mass is 9.99. The quantitative estimate of drug-likeness (QED) is 0.539. The van der Waals surface area contributed by atoms with Gasteiger partial charge in [0, 0.05) is 44.8 Å². The first kappa shape index (κ1) is 26.5.